The Hall–Kier alpha value is -1.10. The van der Waals surface area contributed by atoms with Gasteiger partial charge in [0.1, 0.15) is 6.10 Å². The molecule has 0 rings (SSSR count). The molecule has 0 spiro atoms. The molecule has 0 aliphatic heterocycles. The second-order valence-electron chi connectivity index (χ2n) is 2.31. The first-order valence-electron chi connectivity index (χ1n) is 3.60. The SMILES string of the molecule is COC(C)C(=O)NCCC(=O)O. The third-order valence-electron chi connectivity index (χ3n) is 1.36. The van der Waals surface area contributed by atoms with Crippen LogP contribution in [-0.4, -0.2) is 36.7 Å². The van der Waals surface area contributed by atoms with Crippen LogP contribution in [-0.2, 0) is 14.3 Å². The summed E-state index contributed by atoms with van der Waals surface area (Å²) in [6.07, 6.45) is -0.596. The lowest BCUT2D eigenvalue weighted by Gasteiger charge is -2.08. The molecule has 70 valence electrons. The van der Waals surface area contributed by atoms with Gasteiger partial charge < -0.3 is 15.2 Å². The number of carbonyl (C=O) groups is 2. The van der Waals surface area contributed by atoms with Crippen LogP contribution >= 0.6 is 0 Å². The van der Waals surface area contributed by atoms with E-state index in [2.05, 4.69) is 5.32 Å². The fraction of sp³-hybridized carbons (Fsp3) is 0.714. The van der Waals surface area contributed by atoms with Gasteiger partial charge in [0.05, 0.1) is 6.42 Å². The molecule has 1 unspecified atom stereocenters. The second-order valence-corrected chi connectivity index (χ2v) is 2.31. The molecule has 2 N–H and O–H groups in total. The Morgan fingerprint density at radius 3 is 2.58 bits per heavy atom. The second kappa shape index (κ2) is 5.54. The van der Waals surface area contributed by atoms with E-state index in [1.807, 2.05) is 0 Å². The normalized spacial score (nSPS) is 12.2. The predicted octanol–water partition coefficient (Wildman–Crippen LogP) is -0.388. The molecule has 0 aromatic heterocycles. The number of carboxylic acids is 1. The number of nitrogens with one attached hydrogen (secondary N) is 1. The van der Waals surface area contributed by atoms with Crippen molar-refractivity contribution in [3.05, 3.63) is 0 Å². The number of hydrogen-bond acceptors (Lipinski definition) is 3. The van der Waals surface area contributed by atoms with Gasteiger partial charge in [0.15, 0.2) is 0 Å². The van der Waals surface area contributed by atoms with Crippen molar-refractivity contribution in [1.29, 1.82) is 0 Å². The summed E-state index contributed by atoms with van der Waals surface area (Å²) < 4.78 is 4.71. The Kier molecular flexibility index (Phi) is 5.03. The van der Waals surface area contributed by atoms with E-state index in [0.29, 0.717) is 0 Å². The van der Waals surface area contributed by atoms with E-state index in [9.17, 15) is 9.59 Å². The van der Waals surface area contributed by atoms with Gasteiger partial charge in [-0.05, 0) is 6.92 Å². The minimum absolute atomic E-state index is 0.0673. The van der Waals surface area contributed by atoms with Crippen molar-refractivity contribution < 1.29 is 19.4 Å². The molecule has 0 aromatic carbocycles. The predicted molar refractivity (Wildman–Crippen MR) is 41.7 cm³/mol. The van der Waals surface area contributed by atoms with Crippen LogP contribution < -0.4 is 5.32 Å². The van der Waals surface area contributed by atoms with Crippen LogP contribution in [0.4, 0.5) is 0 Å². The first-order valence-corrected chi connectivity index (χ1v) is 3.60. The van der Waals surface area contributed by atoms with Gasteiger partial charge in [-0.2, -0.15) is 0 Å². The van der Waals surface area contributed by atoms with E-state index >= 15 is 0 Å². The summed E-state index contributed by atoms with van der Waals surface area (Å²) in [7, 11) is 1.42. The molecule has 0 radical (unpaired) electrons. The first-order chi connectivity index (χ1) is 5.57. The van der Waals surface area contributed by atoms with Crippen LogP contribution in [0, 0.1) is 0 Å². The van der Waals surface area contributed by atoms with Gasteiger partial charge in [0.2, 0.25) is 5.91 Å². The average molecular weight is 175 g/mol. The van der Waals surface area contributed by atoms with Gasteiger partial charge >= 0.3 is 5.97 Å². The van der Waals surface area contributed by atoms with Crippen LogP contribution in [0.3, 0.4) is 0 Å². The Morgan fingerprint density at radius 2 is 2.17 bits per heavy atom. The standard InChI is InChI=1S/C7H13NO4/c1-5(12-2)7(11)8-4-3-6(9)10/h5H,3-4H2,1-2H3,(H,8,11)(H,9,10). The number of methoxy groups -OCH3 is 1. The van der Waals surface area contributed by atoms with Crippen LogP contribution in [0.1, 0.15) is 13.3 Å². The maximum Gasteiger partial charge on any atom is 0.305 e. The Morgan fingerprint density at radius 1 is 1.58 bits per heavy atom. The largest absolute Gasteiger partial charge is 0.481 e. The van der Waals surface area contributed by atoms with Gasteiger partial charge in [-0.1, -0.05) is 0 Å². The number of amides is 1. The van der Waals surface area contributed by atoms with Crippen molar-refractivity contribution in [1.82, 2.24) is 5.32 Å². The topological polar surface area (TPSA) is 75.6 Å². The number of hydrogen-bond donors (Lipinski definition) is 2. The van der Waals surface area contributed by atoms with E-state index in [1.54, 1.807) is 6.92 Å². The smallest absolute Gasteiger partial charge is 0.305 e. The number of carbonyl (C=O) groups excluding carboxylic acids is 1. The Labute approximate surface area is 70.7 Å². The van der Waals surface area contributed by atoms with Crippen LogP contribution in [0.25, 0.3) is 0 Å². The van der Waals surface area contributed by atoms with Gasteiger partial charge in [-0.25, -0.2) is 0 Å². The maximum atomic E-state index is 10.9. The molecule has 12 heavy (non-hydrogen) atoms. The van der Waals surface area contributed by atoms with E-state index in [-0.39, 0.29) is 18.9 Å². The average Bonchev–Trinajstić information content (AvgIpc) is 2.02. The summed E-state index contributed by atoms with van der Waals surface area (Å²) in [4.78, 5) is 21.0. The summed E-state index contributed by atoms with van der Waals surface area (Å²) in [5.41, 5.74) is 0. The molecular formula is C7H13NO4. The summed E-state index contributed by atoms with van der Waals surface area (Å²) in [6.45, 7) is 1.73. The maximum absolute atomic E-state index is 10.9. The lowest BCUT2D eigenvalue weighted by Crippen LogP contribution is -2.35. The van der Waals surface area contributed by atoms with Gasteiger partial charge in [0, 0.05) is 13.7 Å². The molecule has 0 aliphatic carbocycles. The molecular weight excluding hydrogens is 162 g/mol. The van der Waals surface area contributed by atoms with Crippen molar-refractivity contribution in [2.24, 2.45) is 0 Å². The number of ether oxygens (including phenoxy) is 1. The lowest BCUT2D eigenvalue weighted by atomic mass is 10.3. The van der Waals surface area contributed by atoms with Crippen molar-refractivity contribution in [2.45, 2.75) is 19.4 Å². The number of rotatable bonds is 5. The van der Waals surface area contributed by atoms with Gasteiger partial charge in [-0.3, -0.25) is 9.59 Å². The van der Waals surface area contributed by atoms with E-state index in [1.165, 1.54) is 7.11 Å². The van der Waals surface area contributed by atoms with Gasteiger partial charge in [0.25, 0.3) is 0 Å². The Balaban J connectivity index is 3.50. The van der Waals surface area contributed by atoms with E-state index in [0.717, 1.165) is 0 Å². The van der Waals surface area contributed by atoms with Gasteiger partial charge in [-0.15, -0.1) is 0 Å². The lowest BCUT2D eigenvalue weighted by molar-refractivity contribution is -0.137. The highest BCUT2D eigenvalue weighted by Gasteiger charge is 2.10. The third kappa shape index (κ3) is 4.68. The molecule has 1 amide bonds. The monoisotopic (exact) mass is 175 g/mol. The number of aliphatic carboxylic acids is 1. The van der Waals surface area contributed by atoms with Crippen molar-refractivity contribution in [3.63, 3.8) is 0 Å². The molecule has 0 saturated carbocycles. The highest BCUT2D eigenvalue weighted by atomic mass is 16.5. The number of carboxylic acid groups (broad SMARTS) is 1. The molecule has 0 aliphatic rings. The Bertz CT molecular complexity index is 169. The fourth-order valence-electron chi connectivity index (χ4n) is 0.543. The molecule has 0 fully saturated rings. The van der Waals surface area contributed by atoms with Crippen molar-refractivity contribution >= 4 is 11.9 Å². The van der Waals surface area contributed by atoms with E-state index in [4.69, 9.17) is 9.84 Å². The fourth-order valence-corrected chi connectivity index (χ4v) is 0.543. The highest BCUT2D eigenvalue weighted by molar-refractivity contribution is 5.80. The minimum Gasteiger partial charge on any atom is -0.481 e. The molecule has 5 heteroatoms. The zero-order valence-corrected chi connectivity index (χ0v) is 7.16. The third-order valence-corrected chi connectivity index (χ3v) is 1.36. The molecule has 0 saturated heterocycles. The van der Waals surface area contributed by atoms with Crippen LogP contribution in [0.2, 0.25) is 0 Å². The molecule has 1 atom stereocenters. The zero-order valence-electron chi connectivity index (χ0n) is 7.16. The quantitative estimate of drug-likeness (QED) is 0.596. The summed E-state index contributed by atoms with van der Waals surface area (Å²) in [5.74, 6) is -1.22. The molecule has 5 nitrogen and oxygen atoms in total. The van der Waals surface area contributed by atoms with E-state index < -0.39 is 12.1 Å². The summed E-state index contributed by atoms with van der Waals surface area (Å²) in [6, 6.07) is 0. The van der Waals surface area contributed by atoms with Crippen molar-refractivity contribution in [3.8, 4) is 0 Å². The highest BCUT2D eigenvalue weighted by Crippen LogP contribution is 1.86. The summed E-state index contributed by atoms with van der Waals surface area (Å²) >= 11 is 0. The first kappa shape index (κ1) is 10.9. The van der Waals surface area contributed by atoms with Crippen LogP contribution in [0.15, 0.2) is 0 Å². The molecule has 0 bridgehead atoms. The summed E-state index contributed by atoms with van der Waals surface area (Å²) in [5, 5.41) is 10.7. The minimum atomic E-state index is -0.930. The molecule has 0 aromatic rings. The van der Waals surface area contributed by atoms with Crippen molar-refractivity contribution in [2.75, 3.05) is 13.7 Å². The van der Waals surface area contributed by atoms with Crippen LogP contribution in [0.5, 0.6) is 0 Å². The molecule has 0 heterocycles. The zero-order chi connectivity index (χ0) is 9.56.